The average molecular weight is 1290 g/mol. The molecule has 0 aliphatic carbocycles. The first-order valence-corrected chi connectivity index (χ1v) is 33.9. The van der Waals surface area contributed by atoms with Crippen molar-refractivity contribution in [3.63, 3.8) is 0 Å². The Kier molecular flexibility index (Phi) is 37.6. The third-order valence-electron chi connectivity index (χ3n) is 10.3. The number of fused-ring (bicyclic) bond motifs is 6. The number of benzene rings is 6. The van der Waals surface area contributed by atoms with E-state index in [1.807, 2.05) is 214 Å². The average Bonchev–Trinajstić information content (AvgIpc) is 4.36. The van der Waals surface area contributed by atoms with Crippen LogP contribution in [-0.2, 0) is 6.42 Å². The predicted octanol–water partition coefficient (Wildman–Crippen LogP) is 25.7. The minimum atomic E-state index is -0.149. The van der Waals surface area contributed by atoms with Crippen molar-refractivity contribution in [2.24, 2.45) is 0 Å². The second kappa shape index (κ2) is 40.8. The van der Waals surface area contributed by atoms with Gasteiger partial charge >= 0.3 is 0 Å². The van der Waals surface area contributed by atoms with Gasteiger partial charge in [0.15, 0.2) is 0 Å². The van der Waals surface area contributed by atoms with Crippen molar-refractivity contribution in [2.75, 3.05) is 0 Å². The highest BCUT2D eigenvalue weighted by atomic mass is 35.5. The number of nitrogens with zero attached hydrogens (tertiary/aromatic N) is 6. The highest BCUT2D eigenvalue weighted by molar-refractivity contribution is 7.18. The maximum atomic E-state index is 13.4. The van der Waals surface area contributed by atoms with Gasteiger partial charge in [-0.1, -0.05) is 156 Å². The molecule has 12 aromatic rings. The standard InChI is InChI=1S/C10H10FNS.C9H8FNS.4C8H6ClNS.6C2H6/c1-6(2)7-3-8(11)10-9(4-7)12-5-13-10;1-2-6-3-7(10)9-8(4-6)11-5-12-9;1-5-2-7-8(3-6(5)9)11-4-10-7;1-5-2-6(9)3-7-8(5)10-4-11-7;1-5-2-6(9)8-7(3-5)10-4-11-8;1-5-2-3-6-8(7(5)9)10-4-11-6;6*1-2/h3-6H,1-2H3;3-5H,2H2,1H3;4*2-4H,1H3;6*1-2H3. The molecule has 6 heterocycles. The Morgan fingerprint density at radius 1 is 0.420 bits per heavy atom. The molecule has 0 bridgehead atoms. The van der Waals surface area contributed by atoms with Crippen LogP contribution in [0, 0.1) is 39.3 Å². The number of hydrogen-bond acceptors (Lipinski definition) is 12. The molecule has 0 atom stereocenters. The Bertz CT molecular complexity index is 3540. The van der Waals surface area contributed by atoms with Crippen molar-refractivity contribution in [1.82, 2.24) is 29.9 Å². The van der Waals surface area contributed by atoms with E-state index in [0.717, 1.165) is 112 Å². The van der Waals surface area contributed by atoms with Crippen LogP contribution in [-0.4, -0.2) is 29.9 Å². The lowest BCUT2D eigenvalue weighted by Gasteiger charge is -2.04. The van der Waals surface area contributed by atoms with E-state index in [2.05, 4.69) is 29.9 Å². The van der Waals surface area contributed by atoms with E-state index in [4.69, 9.17) is 46.4 Å². The number of thiazole rings is 6. The molecule has 0 aliphatic rings. The van der Waals surface area contributed by atoms with E-state index in [0.29, 0.717) is 15.3 Å². The molecule has 0 aliphatic heterocycles. The fourth-order valence-electron chi connectivity index (χ4n) is 6.60. The van der Waals surface area contributed by atoms with E-state index in [1.54, 1.807) is 68.5 Å². The van der Waals surface area contributed by atoms with Crippen LogP contribution in [0.15, 0.2) is 106 Å². The van der Waals surface area contributed by atoms with Crippen LogP contribution >= 0.6 is 114 Å². The molecule has 0 saturated carbocycles. The van der Waals surface area contributed by atoms with Gasteiger partial charge in [-0.05, 0) is 140 Å². The van der Waals surface area contributed by atoms with Crippen molar-refractivity contribution in [2.45, 2.75) is 144 Å². The van der Waals surface area contributed by atoms with Crippen LogP contribution in [0.5, 0.6) is 0 Å². The third kappa shape index (κ3) is 22.7. The van der Waals surface area contributed by atoms with Gasteiger partial charge in [0.05, 0.1) is 98.9 Å². The van der Waals surface area contributed by atoms with Gasteiger partial charge in [-0.3, -0.25) is 0 Å². The molecule has 6 aromatic heterocycles. The fourth-order valence-corrected chi connectivity index (χ4v) is 12.0. The summed E-state index contributed by atoms with van der Waals surface area (Å²) in [7, 11) is 0. The smallest absolute Gasteiger partial charge is 0.142 e. The van der Waals surface area contributed by atoms with Gasteiger partial charge in [0.1, 0.15) is 17.2 Å². The van der Waals surface area contributed by atoms with E-state index in [1.165, 1.54) is 22.7 Å². The Morgan fingerprint density at radius 3 is 1.48 bits per heavy atom. The molecule has 6 nitrogen and oxygen atoms in total. The predicted molar refractivity (Wildman–Crippen MR) is 368 cm³/mol. The molecule has 0 spiro atoms. The van der Waals surface area contributed by atoms with Gasteiger partial charge in [-0.15, -0.1) is 68.0 Å². The third-order valence-corrected chi connectivity index (χ3v) is 16.7. The molecule has 81 heavy (non-hydrogen) atoms. The first-order valence-electron chi connectivity index (χ1n) is 27.1. The zero-order valence-electron chi connectivity index (χ0n) is 50.1. The Labute approximate surface area is 524 Å². The van der Waals surface area contributed by atoms with Crippen molar-refractivity contribution in [3.8, 4) is 0 Å². The van der Waals surface area contributed by atoms with E-state index < -0.39 is 0 Å². The quantitative estimate of drug-likeness (QED) is 0.172. The lowest BCUT2D eigenvalue weighted by molar-refractivity contribution is 0.637. The summed E-state index contributed by atoms with van der Waals surface area (Å²) < 4.78 is 32.5. The maximum absolute atomic E-state index is 13.4. The monoisotopic (exact) mass is 1290 g/mol. The highest BCUT2D eigenvalue weighted by Crippen LogP contribution is 2.31. The molecule has 18 heteroatoms. The number of rotatable bonds is 2. The molecule has 0 fully saturated rings. The van der Waals surface area contributed by atoms with Crippen LogP contribution in [0.25, 0.3) is 61.3 Å². The summed E-state index contributed by atoms with van der Waals surface area (Å²) in [5.41, 5.74) is 22.7. The van der Waals surface area contributed by atoms with Gasteiger partial charge in [-0.25, -0.2) is 38.7 Å². The van der Waals surface area contributed by atoms with Crippen LogP contribution in [0.1, 0.15) is 143 Å². The molecule has 12 rings (SSSR count). The number of hydrogen-bond donors (Lipinski definition) is 0. The molecule has 0 radical (unpaired) electrons. The highest BCUT2D eigenvalue weighted by Gasteiger charge is 2.09. The fraction of sp³-hybridized carbons (Fsp3) is 0.333. The van der Waals surface area contributed by atoms with Crippen molar-refractivity contribution < 1.29 is 8.78 Å². The minimum Gasteiger partial charge on any atom is -0.245 e. The second-order valence-electron chi connectivity index (χ2n) is 15.7. The second-order valence-corrected chi connectivity index (χ2v) is 22.5. The summed E-state index contributed by atoms with van der Waals surface area (Å²) in [4.78, 5) is 24.9. The van der Waals surface area contributed by atoms with Crippen molar-refractivity contribution in [3.05, 3.63) is 171 Å². The van der Waals surface area contributed by atoms with Crippen molar-refractivity contribution in [1.29, 1.82) is 0 Å². The van der Waals surface area contributed by atoms with Gasteiger partial charge in [0.25, 0.3) is 0 Å². The van der Waals surface area contributed by atoms with Gasteiger partial charge in [0, 0.05) is 10.0 Å². The molecule has 438 valence electrons. The summed E-state index contributed by atoms with van der Waals surface area (Å²) in [6.07, 6.45) is 0.852. The Morgan fingerprint density at radius 2 is 0.901 bits per heavy atom. The number of aromatic nitrogens is 6. The molecule has 0 unspecified atom stereocenters. The normalized spacial score (nSPS) is 9.70. The molecule has 0 saturated heterocycles. The molecular weight excluding hydrogens is 1210 g/mol. The SMILES string of the molecule is CC.CC.CC.CC.CC.CC.CC(C)c1cc(F)c2scnc2c1.CCc1cc(F)c2scnc2c1.Cc1cc(Cl)c2scnc2c1.Cc1cc(Cl)cc2scnc12.Cc1cc2ncsc2cc1Cl.Cc1ccc2scnc2c1Cl. The van der Waals surface area contributed by atoms with Crippen molar-refractivity contribution >= 4 is 176 Å². The largest absolute Gasteiger partial charge is 0.245 e. The summed E-state index contributed by atoms with van der Waals surface area (Å²) in [6, 6.07) is 23.0. The molecular formula is C63H78Cl4F2N6S6. The lowest BCUT2D eigenvalue weighted by atomic mass is 10.0. The van der Waals surface area contributed by atoms with Crippen LogP contribution < -0.4 is 0 Å². The molecule has 0 amide bonds. The minimum absolute atomic E-state index is 0.146. The van der Waals surface area contributed by atoms with Gasteiger partial charge < -0.3 is 0 Å². The van der Waals surface area contributed by atoms with Gasteiger partial charge in [-0.2, -0.15) is 0 Å². The summed E-state index contributed by atoms with van der Waals surface area (Å²) in [6.45, 7) is 38.1. The Hall–Kier alpha value is -4.32. The first-order chi connectivity index (χ1) is 39.1. The van der Waals surface area contributed by atoms with Crippen LogP contribution in [0.3, 0.4) is 0 Å². The summed E-state index contributed by atoms with van der Waals surface area (Å²) in [5, 5.41) is 3.20. The number of halogens is 6. The zero-order valence-corrected chi connectivity index (χ0v) is 58.0. The van der Waals surface area contributed by atoms with Crippen LogP contribution in [0.4, 0.5) is 8.78 Å². The van der Waals surface area contributed by atoms with Gasteiger partial charge in [0.2, 0.25) is 0 Å². The summed E-state index contributed by atoms with van der Waals surface area (Å²) in [5.74, 6) is 0.0520. The van der Waals surface area contributed by atoms with Crippen LogP contribution in [0.2, 0.25) is 20.1 Å². The lowest BCUT2D eigenvalue weighted by Crippen LogP contribution is -1.88. The molecule has 6 aromatic carbocycles. The topological polar surface area (TPSA) is 77.3 Å². The Balaban J connectivity index is 0.000000468. The number of aryl methyl sites for hydroxylation is 5. The summed E-state index contributed by atoms with van der Waals surface area (Å²) >= 11 is 32.9. The van der Waals surface area contributed by atoms with E-state index in [9.17, 15) is 8.78 Å². The van der Waals surface area contributed by atoms with E-state index >= 15 is 0 Å². The first kappa shape index (κ1) is 74.7. The molecule has 0 N–H and O–H groups in total. The van der Waals surface area contributed by atoms with E-state index in [-0.39, 0.29) is 11.6 Å². The zero-order chi connectivity index (χ0) is 61.4. The maximum Gasteiger partial charge on any atom is 0.142 e.